The fraction of sp³-hybridized carbons (Fsp3) is 0.133. The van der Waals surface area contributed by atoms with Crippen LogP contribution in [0.1, 0.15) is 11.3 Å². The highest BCUT2D eigenvalue weighted by atomic mass is 79.9. The van der Waals surface area contributed by atoms with Gasteiger partial charge in [-0.05, 0) is 53.2 Å². The molecule has 108 valence electrons. The van der Waals surface area contributed by atoms with Gasteiger partial charge in [-0.1, -0.05) is 11.6 Å². The molecule has 0 bridgehead atoms. The van der Waals surface area contributed by atoms with E-state index < -0.39 is 0 Å². The molecule has 2 heterocycles. The summed E-state index contributed by atoms with van der Waals surface area (Å²) in [5.41, 5.74) is 8.96. The standard InChI is InChI=1S/C15H13BrClN3O/c1-9-14(16)20-6-2-3-13(15(20)19-9)21-8-10-7-11(18)4-5-12(10)17/h2-7H,8,18H2,1H3. The van der Waals surface area contributed by atoms with E-state index in [-0.39, 0.29) is 0 Å². The van der Waals surface area contributed by atoms with Crippen LogP contribution in [0, 0.1) is 6.92 Å². The van der Waals surface area contributed by atoms with Crippen molar-refractivity contribution in [1.29, 1.82) is 0 Å². The Labute approximate surface area is 135 Å². The molecule has 6 heteroatoms. The molecule has 0 fully saturated rings. The molecule has 1 aromatic carbocycles. The van der Waals surface area contributed by atoms with Crippen molar-refractivity contribution in [2.45, 2.75) is 13.5 Å². The summed E-state index contributed by atoms with van der Waals surface area (Å²) < 4.78 is 8.72. The summed E-state index contributed by atoms with van der Waals surface area (Å²) in [4.78, 5) is 4.50. The molecule has 2 N–H and O–H groups in total. The third kappa shape index (κ3) is 2.71. The zero-order valence-electron chi connectivity index (χ0n) is 11.3. The summed E-state index contributed by atoms with van der Waals surface area (Å²) in [5.74, 6) is 0.699. The Balaban J connectivity index is 1.92. The first kappa shape index (κ1) is 14.2. The largest absolute Gasteiger partial charge is 0.485 e. The summed E-state index contributed by atoms with van der Waals surface area (Å²) in [6, 6.07) is 9.15. The number of rotatable bonds is 3. The lowest BCUT2D eigenvalue weighted by molar-refractivity contribution is 0.308. The quantitative estimate of drug-likeness (QED) is 0.706. The maximum absolute atomic E-state index is 6.15. The number of imidazole rings is 1. The van der Waals surface area contributed by atoms with Gasteiger partial charge >= 0.3 is 0 Å². The average molecular weight is 367 g/mol. The van der Waals surface area contributed by atoms with Crippen molar-refractivity contribution in [2.75, 3.05) is 5.73 Å². The Bertz CT molecular complexity index is 816. The first-order valence-corrected chi connectivity index (χ1v) is 7.53. The Morgan fingerprint density at radius 2 is 2.19 bits per heavy atom. The molecular formula is C15H13BrClN3O. The number of nitrogen functional groups attached to an aromatic ring is 1. The van der Waals surface area contributed by atoms with Gasteiger partial charge in [0.15, 0.2) is 11.4 Å². The number of fused-ring (bicyclic) bond motifs is 1. The molecule has 0 aliphatic carbocycles. The molecule has 0 spiro atoms. The fourth-order valence-electron chi connectivity index (χ4n) is 2.10. The molecule has 0 aliphatic heterocycles. The van der Waals surface area contributed by atoms with Gasteiger partial charge in [-0.2, -0.15) is 0 Å². The number of aromatic nitrogens is 2. The number of anilines is 1. The van der Waals surface area contributed by atoms with Gasteiger partial charge in [0, 0.05) is 22.5 Å². The fourth-order valence-corrected chi connectivity index (χ4v) is 2.65. The van der Waals surface area contributed by atoms with Crippen molar-refractivity contribution in [1.82, 2.24) is 9.38 Å². The van der Waals surface area contributed by atoms with Crippen LogP contribution < -0.4 is 10.5 Å². The van der Waals surface area contributed by atoms with Crippen LogP contribution >= 0.6 is 27.5 Å². The minimum Gasteiger partial charge on any atom is -0.485 e. The van der Waals surface area contributed by atoms with Crippen molar-refractivity contribution in [3.05, 3.63) is 57.4 Å². The van der Waals surface area contributed by atoms with Crippen LogP contribution in [-0.4, -0.2) is 9.38 Å². The van der Waals surface area contributed by atoms with E-state index in [1.165, 1.54) is 0 Å². The molecule has 0 amide bonds. The lowest BCUT2D eigenvalue weighted by atomic mass is 10.2. The van der Waals surface area contributed by atoms with Crippen LogP contribution in [0.4, 0.5) is 5.69 Å². The van der Waals surface area contributed by atoms with Gasteiger partial charge in [0.05, 0.1) is 5.69 Å². The molecule has 3 aromatic rings. The molecule has 4 nitrogen and oxygen atoms in total. The minimum atomic E-state index is 0.340. The topological polar surface area (TPSA) is 52.5 Å². The molecule has 0 saturated carbocycles. The molecule has 3 rings (SSSR count). The summed E-state index contributed by atoms with van der Waals surface area (Å²) in [6.45, 7) is 2.28. The average Bonchev–Trinajstić information content (AvgIpc) is 2.76. The number of nitrogens with zero attached hydrogens (tertiary/aromatic N) is 2. The van der Waals surface area contributed by atoms with E-state index in [2.05, 4.69) is 20.9 Å². The van der Waals surface area contributed by atoms with Gasteiger partial charge in [0.2, 0.25) is 0 Å². The number of pyridine rings is 1. The van der Waals surface area contributed by atoms with Gasteiger partial charge < -0.3 is 10.5 Å². The van der Waals surface area contributed by atoms with Gasteiger partial charge in [0.1, 0.15) is 11.2 Å². The van der Waals surface area contributed by atoms with E-state index in [1.807, 2.05) is 35.7 Å². The summed E-state index contributed by atoms with van der Waals surface area (Å²) in [5, 5.41) is 0.636. The van der Waals surface area contributed by atoms with Crippen molar-refractivity contribution in [2.24, 2.45) is 0 Å². The lowest BCUT2D eigenvalue weighted by Gasteiger charge is -2.09. The molecular weight excluding hydrogens is 354 g/mol. The van der Waals surface area contributed by atoms with Gasteiger partial charge in [-0.3, -0.25) is 4.40 Å². The third-order valence-electron chi connectivity index (χ3n) is 3.17. The van der Waals surface area contributed by atoms with Crippen molar-refractivity contribution in [3.8, 4) is 5.75 Å². The minimum absolute atomic E-state index is 0.340. The Morgan fingerprint density at radius 1 is 1.38 bits per heavy atom. The van der Waals surface area contributed by atoms with E-state index in [9.17, 15) is 0 Å². The highest BCUT2D eigenvalue weighted by Gasteiger charge is 2.11. The highest BCUT2D eigenvalue weighted by molar-refractivity contribution is 9.10. The number of benzene rings is 1. The predicted octanol–water partition coefficient (Wildman–Crippen LogP) is 4.22. The molecule has 0 radical (unpaired) electrons. The second-order valence-corrected chi connectivity index (χ2v) is 5.85. The van der Waals surface area contributed by atoms with Crippen LogP contribution in [0.15, 0.2) is 41.1 Å². The highest BCUT2D eigenvalue weighted by Crippen LogP contribution is 2.27. The number of hydrogen-bond donors (Lipinski definition) is 1. The molecule has 2 aromatic heterocycles. The van der Waals surface area contributed by atoms with E-state index in [1.54, 1.807) is 12.1 Å². The number of hydrogen-bond acceptors (Lipinski definition) is 3. The Morgan fingerprint density at radius 3 is 3.00 bits per heavy atom. The van der Waals surface area contributed by atoms with E-state index >= 15 is 0 Å². The first-order valence-electron chi connectivity index (χ1n) is 6.36. The molecule has 0 unspecified atom stereocenters. The van der Waals surface area contributed by atoms with E-state index in [0.29, 0.717) is 23.1 Å². The number of aryl methyl sites for hydroxylation is 1. The summed E-state index contributed by atoms with van der Waals surface area (Å²) in [6.07, 6.45) is 1.93. The van der Waals surface area contributed by atoms with Gasteiger partial charge in [0.25, 0.3) is 0 Å². The van der Waals surface area contributed by atoms with Crippen LogP contribution in [0.2, 0.25) is 5.02 Å². The smallest absolute Gasteiger partial charge is 0.180 e. The summed E-state index contributed by atoms with van der Waals surface area (Å²) in [7, 11) is 0. The van der Waals surface area contributed by atoms with E-state index in [4.69, 9.17) is 22.1 Å². The molecule has 0 saturated heterocycles. The molecule has 0 atom stereocenters. The Kier molecular flexibility index (Phi) is 3.78. The predicted molar refractivity (Wildman–Crippen MR) is 87.8 cm³/mol. The monoisotopic (exact) mass is 365 g/mol. The van der Waals surface area contributed by atoms with Crippen LogP contribution in [0.3, 0.4) is 0 Å². The van der Waals surface area contributed by atoms with E-state index in [0.717, 1.165) is 21.5 Å². The normalized spacial score (nSPS) is 11.0. The summed E-state index contributed by atoms with van der Waals surface area (Å²) >= 11 is 9.66. The van der Waals surface area contributed by atoms with Gasteiger partial charge in [-0.25, -0.2) is 4.98 Å². The van der Waals surface area contributed by atoms with Crippen LogP contribution in [0.25, 0.3) is 5.65 Å². The first-order chi connectivity index (χ1) is 10.1. The second kappa shape index (κ2) is 5.58. The number of halogens is 2. The van der Waals surface area contributed by atoms with Gasteiger partial charge in [-0.15, -0.1) is 0 Å². The molecule has 0 aliphatic rings. The second-order valence-electron chi connectivity index (χ2n) is 4.69. The van der Waals surface area contributed by atoms with Crippen LogP contribution in [-0.2, 0) is 6.61 Å². The lowest BCUT2D eigenvalue weighted by Crippen LogP contribution is -1.99. The maximum Gasteiger partial charge on any atom is 0.180 e. The van der Waals surface area contributed by atoms with Crippen molar-refractivity contribution >= 4 is 38.9 Å². The molecule has 21 heavy (non-hydrogen) atoms. The van der Waals surface area contributed by atoms with Crippen molar-refractivity contribution in [3.63, 3.8) is 0 Å². The van der Waals surface area contributed by atoms with Crippen molar-refractivity contribution < 1.29 is 4.74 Å². The van der Waals surface area contributed by atoms with Crippen LogP contribution in [0.5, 0.6) is 5.75 Å². The zero-order valence-corrected chi connectivity index (χ0v) is 13.6. The Hall–Kier alpha value is -1.72. The number of nitrogens with two attached hydrogens (primary N) is 1. The number of ether oxygens (including phenoxy) is 1. The zero-order chi connectivity index (χ0) is 15.0. The third-order valence-corrected chi connectivity index (χ3v) is 4.49. The SMILES string of the molecule is Cc1nc2c(OCc3cc(N)ccc3Cl)cccn2c1Br. The maximum atomic E-state index is 6.15.